The van der Waals surface area contributed by atoms with Crippen LogP contribution in [0.1, 0.15) is 103 Å². The van der Waals surface area contributed by atoms with E-state index in [-0.39, 0.29) is 17.0 Å². The monoisotopic (exact) mass is 397 g/mol. The van der Waals surface area contributed by atoms with Crippen LogP contribution in [-0.4, -0.2) is 0 Å². The Hall–Kier alpha value is -0.370. The Morgan fingerprint density at radius 2 is 1.12 bits per heavy atom. The summed E-state index contributed by atoms with van der Waals surface area (Å²) in [5, 5.41) is 0. The number of nitrogens with zero attached hydrogens (tertiary/aromatic N) is 1. The molecule has 0 aliphatic heterocycles. The third-order valence-electron chi connectivity index (χ3n) is 4.92. The van der Waals surface area contributed by atoms with Crippen LogP contribution in [0, 0.1) is 6.92 Å². The third-order valence-corrected chi connectivity index (χ3v) is 4.92. The highest BCUT2D eigenvalue weighted by Gasteiger charge is 2.03. The Kier molecular flexibility index (Phi) is 17.2. The fourth-order valence-electron chi connectivity index (χ4n) is 3.29. The quantitative estimate of drug-likeness (QED) is 0.313. The van der Waals surface area contributed by atoms with Crippen molar-refractivity contribution in [1.82, 2.24) is 0 Å². The Balaban J connectivity index is 0.00000529. The van der Waals surface area contributed by atoms with E-state index < -0.39 is 0 Å². The molecule has 0 aliphatic carbocycles. The van der Waals surface area contributed by atoms with Crippen LogP contribution in [0.15, 0.2) is 24.4 Å². The van der Waals surface area contributed by atoms with Crippen LogP contribution in [0.2, 0.25) is 0 Å². The molecule has 1 aromatic heterocycles. The standard InChI is InChI=1S/C22H40N.BrH/c1-3-4-5-6-7-8-9-10-11-12-13-14-15-17-20-23-21-18-16-19-22(23)2;/h16,18-19,21H,3-15,17,20H2,1-2H3;1H/q+1;/p-1. The van der Waals surface area contributed by atoms with Crippen molar-refractivity contribution in [2.75, 3.05) is 0 Å². The lowest BCUT2D eigenvalue weighted by atomic mass is 10.0. The Bertz CT molecular complexity index is 378. The molecule has 0 atom stereocenters. The van der Waals surface area contributed by atoms with E-state index in [9.17, 15) is 0 Å². The van der Waals surface area contributed by atoms with Crippen LogP contribution in [0.4, 0.5) is 0 Å². The maximum absolute atomic E-state index is 2.38. The second-order valence-electron chi connectivity index (χ2n) is 7.13. The molecule has 1 aromatic rings. The molecule has 2 heteroatoms. The Morgan fingerprint density at radius 1 is 0.667 bits per heavy atom. The van der Waals surface area contributed by atoms with Crippen molar-refractivity contribution in [3.63, 3.8) is 0 Å². The van der Waals surface area contributed by atoms with Gasteiger partial charge in [0, 0.05) is 25.5 Å². The molecule has 1 nitrogen and oxygen atoms in total. The van der Waals surface area contributed by atoms with Crippen LogP contribution in [-0.2, 0) is 6.54 Å². The van der Waals surface area contributed by atoms with Crippen molar-refractivity contribution in [3.8, 4) is 0 Å². The second kappa shape index (κ2) is 17.5. The van der Waals surface area contributed by atoms with Crippen molar-refractivity contribution < 1.29 is 21.5 Å². The van der Waals surface area contributed by atoms with Gasteiger partial charge in [-0.3, -0.25) is 0 Å². The third kappa shape index (κ3) is 13.0. The highest BCUT2D eigenvalue weighted by molar-refractivity contribution is 4.93. The van der Waals surface area contributed by atoms with Gasteiger partial charge in [-0.1, -0.05) is 90.0 Å². The van der Waals surface area contributed by atoms with Crippen LogP contribution < -0.4 is 21.5 Å². The molecule has 0 fully saturated rings. The lowest BCUT2D eigenvalue weighted by molar-refractivity contribution is -0.703. The van der Waals surface area contributed by atoms with Crippen molar-refractivity contribution in [2.45, 2.75) is 110 Å². The maximum Gasteiger partial charge on any atom is 0.178 e. The van der Waals surface area contributed by atoms with Gasteiger partial charge in [-0.15, -0.1) is 0 Å². The predicted molar refractivity (Wildman–Crippen MR) is 102 cm³/mol. The van der Waals surface area contributed by atoms with Gasteiger partial charge in [-0.25, -0.2) is 4.57 Å². The number of hydrogen-bond acceptors (Lipinski definition) is 0. The zero-order valence-electron chi connectivity index (χ0n) is 16.2. The number of unbranched alkanes of at least 4 members (excludes halogenated alkanes) is 13. The highest BCUT2D eigenvalue weighted by atomic mass is 79.9. The van der Waals surface area contributed by atoms with E-state index in [1.54, 1.807) is 0 Å². The first-order valence-electron chi connectivity index (χ1n) is 10.3. The fraction of sp³-hybridized carbons (Fsp3) is 0.773. The lowest BCUT2D eigenvalue weighted by Crippen LogP contribution is -3.00. The van der Waals surface area contributed by atoms with Crippen LogP contribution in [0.3, 0.4) is 0 Å². The molecule has 24 heavy (non-hydrogen) atoms. The van der Waals surface area contributed by atoms with E-state index >= 15 is 0 Å². The van der Waals surface area contributed by atoms with Crippen molar-refractivity contribution in [2.24, 2.45) is 0 Å². The summed E-state index contributed by atoms with van der Waals surface area (Å²) in [5.41, 5.74) is 1.38. The van der Waals surface area contributed by atoms with Gasteiger partial charge in [-0.05, 0) is 6.42 Å². The van der Waals surface area contributed by atoms with E-state index in [0.717, 1.165) is 0 Å². The molecule has 0 amide bonds. The summed E-state index contributed by atoms with van der Waals surface area (Å²) >= 11 is 0. The molecular weight excluding hydrogens is 358 g/mol. The van der Waals surface area contributed by atoms with E-state index in [2.05, 4.69) is 42.8 Å². The molecule has 140 valence electrons. The zero-order valence-corrected chi connectivity index (χ0v) is 17.8. The lowest BCUT2D eigenvalue weighted by Gasteiger charge is -2.03. The van der Waals surface area contributed by atoms with Gasteiger partial charge in [0.15, 0.2) is 11.9 Å². The molecule has 0 bridgehead atoms. The molecule has 1 rings (SSSR count). The normalized spacial score (nSPS) is 10.6. The van der Waals surface area contributed by atoms with Crippen molar-refractivity contribution >= 4 is 0 Å². The van der Waals surface area contributed by atoms with E-state index in [4.69, 9.17) is 0 Å². The molecule has 0 saturated heterocycles. The first-order valence-corrected chi connectivity index (χ1v) is 10.3. The first-order chi connectivity index (χ1) is 11.3. The molecular formula is C22H40BrN. The first kappa shape index (κ1) is 23.6. The van der Waals surface area contributed by atoms with Crippen LogP contribution in [0.25, 0.3) is 0 Å². The number of aromatic nitrogens is 1. The van der Waals surface area contributed by atoms with E-state index in [0.29, 0.717) is 0 Å². The van der Waals surface area contributed by atoms with Gasteiger partial charge in [0.2, 0.25) is 0 Å². The van der Waals surface area contributed by atoms with E-state index in [1.165, 1.54) is 102 Å². The fourth-order valence-corrected chi connectivity index (χ4v) is 3.29. The average Bonchev–Trinajstić information content (AvgIpc) is 2.57. The summed E-state index contributed by atoms with van der Waals surface area (Å²) in [7, 11) is 0. The number of halogens is 1. The van der Waals surface area contributed by atoms with Gasteiger partial charge in [0.25, 0.3) is 0 Å². The van der Waals surface area contributed by atoms with Gasteiger partial charge >= 0.3 is 0 Å². The number of pyridine rings is 1. The van der Waals surface area contributed by atoms with Gasteiger partial charge in [0.05, 0.1) is 0 Å². The maximum atomic E-state index is 2.38. The summed E-state index contributed by atoms with van der Waals surface area (Å²) in [5.74, 6) is 0. The molecule has 0 unspecified atom stereocenters. The summed E-state index contributed by atoms with van der Waals surface area (Å²) in [4.78, 5) is 0. The van der Waals surface area contributed by atoms with E-state index in [1.807, 2.05) is 0 Å². The van der Waals surface area contributed by atoms with Gasteiger partial charge in [-0.2, -0.15) is 0 Å². The predicted octanol–water partition coefficient (Wildman–Crippen LogP) is 3.77. The molecule has 0 spiro atoms. The number of rotatable bonds is 15. The largest absolute Gasteiger partial charge is 1.00 e. The Morgan fingerprint density at radius 3 is 1.58 bits per heavy atom. The minimum Gasteiger partial charge on any atom is -1.00 e. The minimum absolute atomic E-state index is 0. The summed E-state index contributed by atoms with van der Waals surface area (Å²) in [6.45, 7) is 5.68. The molecule has 0 radical (unpaired) electrons. The van der Waals surface area contributed by atoms with Crippen LogP contribution in [0.5, 0.6) is 0 Å². The Labute approximate surface area is 162 Å². The average molecular weight is 398 g/mol. The van der Waals surface area contributed by atoms with Gasteiger partial charge in [0.1, 0.15) is 6.54 Å². The molecule has 0 aromatic carbocycles. The summed E-state index contributed by atoms with van der Waals surface area (Å²) in [6, 6.07) is 6.46. The zero-order chi connectivity index (χ0) is 16.6. The highest BCUT2D eigenvalue weighted by Crippen LogP contribution is 2.12. The van der Waals surface area contributed by atoms with Crippen LogP contribution >= 0.6 is 0 Å². The van der Waals surface area contributed by atoms with Gasteiger partial charge < -0.3 is 17.0 Å². The summed E-state index contributed by atoms with van der Waals surface area (Å²) < 4.78 is 2.38. The second-order valence-corrected chi connectivity index (χ2v) is 7.13. The molecule has 0 aliphatic rings. The smallest absolute Gasteiger partial charge is 0.178 e. The number of hydrogen-bond donors (Lipinski definition) is 0. The van der Waals surface area contributed by atoms with Crippen molar-refractivity contribution in [3.05, 3.63) is 30.1 Å². The summed E-state index contributed by atoms with van der Waals surface area (Å²) in [6.07, 6.45) is 22.3. The van der Waals surface area contributed by atoms with Crippen molar-refractivity contribution in [1.29, 1.82) is 0 Å². The number of aryl methyl sites for hydroxylation is 2. The minimum atomic E-state index is 0. The topological polar surface area (TPSA) is 3.88 Å². The molecule has 0 N–H and O–H groups in total. The SMILES string of the molecule is CCCCCCCCCCCCCCCC[n+]1ccccc1C.[Br-]. The molecule has 1 heterocycles. The molecule has 0 saturated carbocycles.